The maximum Gasteiger partial charge on any atom is -0.0380 e. The summed E-state index contributed by atoms with van der Waals surface area (Å²) in [7, 11) is 0. The van der Waals surface area contributed by atoms with E-state index in [-0.39, 0.29) is 14.5 Å². The van der Waals surface area contributed by atoms with Crippen LogP contribution in [0.2, 0.25) is 0 Å². The van der Waals surface area contributed by atoms with Crippen LogP contribution in [0.15, 0.2) is 186 Å². The summed E-state index contributed by atoms with van der Waals surface area (Å²) in [6.07, 6.45) is 0. The Morgan fingerprint density at radius 2 is 1.08 bits per heavy atom. The van der Waals surface area contributed by atoms with Gasteiger partial charge in [-0.05, 0) is 18.2 Å². The van der Waals surface area contributed by atoms with Crippen molar-refractivity contribution in [3.05, 3.63) is 182 Å². The number of nitrogens with zero attached hydrogens (tertiary/aromatic N) is 2. The van der Waals surface area contributed by atoms with E-state index in [1.54, 1.807) is 0 Å². The van der Waals surface area contributed by atoms with Gasteiger partial charge in [0.2, 0.25) is 0 Å². The Bertz CT molecular complexity index is 3130. The zero-order chi connectivity index (χ0) is 34.2. The van der Waals surface area contributed by atoms with E-state index in [1.807, 2.05) is 6.07 Å². The molecule has 0 aliphatic carbocycles. The largest absolute Gasteiger partial charge is 0.0602 e. The monoisotopic (exact) mass is 730 g/mol. The first-order valence-electron chi connectivity index (χ1n) is 17.6. The molecule has 0 unspecified atom stereocenters. The third-order valence-corrected chi connectivity index (χ3v) is 12.8. The van der Waals surface area contributed by atoms with Gasteiger partial charge in [0, 0.05) is 11.1 Å². The number of anilines is 3. The number of fused-ring (bicyclic) bond motifs is 9. The van der Waals surface area contributed by atoms with Gasteiger partial charge in [-0.3, -0.25) is 0 Å². The standard InChI is InChI=1S/C48H30N2OSe/c1-2-11-33(12-3-1)50-42-17-7-4-13-36(42)37-27-23-32(29-44(37)50)31-21-24-34(25-22-31)49(35-26-28-40-39-15-6-9-20-46(39)52-47(40)30-35)43-18-10-16-41-38-14-5-8-19-45(38)51-48(41)43/h1-30H. The average molecular weight is 730 g/mol. The fourth-order valence-electron chi connectivity index (χ4n) is 8.00. The predicted octanol–water partition coefficient (Wildman–Crippen LogP) is 13.2. The second kappa shape index (κ2) is 11.6. The zero-order valence-corrected chi connectivity index (χ0v) is 29.7. The van der Waals surface area contributed by atoms with E-state index in [1.165, 1.54) is 52.2 Å². The Morgan fingerprint density at radius 1 is 0.423 bits per heavy atom. The molecule has 0 bridgehead atoms. The number of para-hydroxylation sites is 4. The van der Waals surface area contributed by atoms with Crippen molar-refractivity contribution < 1.29 is 4.42 Å². The van der Waals surface area contributed by atoms with Crippen LogP contribution in [0.1, 0.15) is 0 Å². The van der Waals surface area contributed by atoms with Gasteiger partial charge in [-0.1, -0.05) is 36.4 Å². The molecular formula is C48H30N2OSe. The van der Waals surface area contributed by atoms with Gasteiger partial charge >= 0.3 is 236 Å². The molecule has 4 heteroatoms. The minimum atomic E-state index is 0.254. The van der Waals surface area contributed by atoms with Gasteiger partial charge in [-0.25, -0.2) is 0 Å². The molecule has 3 aromatic heterocycles. The van der Waals surface area contributed by atoms with Crippen molar-refractivity contribution in [2.75, 3.05) is 4.90 Å². The van der Waals surface area contributed by atoms with Crippen molar-refractivity contribution in [1.82, 2.24) is 4.57 Å². The second-order valence-corrected chi connectivity index (χ2v) is 15.6. The van der Waals surface area contributed by atoms with Crippen LogP contribution in [-0.2, 0) is 0 Å². The zero-order valence-electron chi connectivity index (χ0n) is 28.0. The van der Waals surface area contributed by atoms with E-state index in [0.29, 0.717) is 0 Å². The summed E-state index contributed by atoms with van der Waals surface area (Å²) >= 11 is 0.254. The molecule has 8 aromatic carbocycles. The second-order valence-electron chi connectivity index (χ2n) is 13.3. The topological polar surface area (TPSA) is 21.3 Å². The van der Waals surface area contributed by atoms with Gasteiger partial charge < -0.3 is 0 Å². The molecule has 0 aliphatic heterocycles. The summed E-state index contributed by atoms with van der Waals surface area (Å²) in [5, 5.41) is 7.48. The molecule has 0 atom stereocenters. The van der Waals surface area contributed by atoms with Crippen LogP contribution >= 0.6 is 0 Å². The van der Waals surface area contributed by atoms with Crippen molar-refractivity contribution in [3.8, 4) is 16.8 Å². The quantitative estimate of drug-likeness (QED) is 0.165. The number of hydrogen-bond acceptors (Lipinski definition) is 2. The minimum absolute atomic E-state index is 0.254. The smallest absolute Gasteiger partial charge is 0.0380 e. The molecule has 0 fully saturated rings. The first-order chi connectivity index (χ1) is 25.8. The van der Waals surface area contributed by atoms with Crippen LogP contribution in [-0.4, -0.2) is 19.1 Å². The number of rotatable bonds is 5. The van der Waals surface area contributed by atoms with Gasteiger partial charge in [-0.2, -0.15) is 0 Å². The molecule has 3 nitrogen and oxygen atoms in total. The molecule has 0 spiro atoms. The van der Waals surface area contributed by atoms with Crippen molar-refractivity contribution in [2.24, 2.45) is 0 Å². The van der Waals surface area contributed by atoms with Gasteiger partial charge in [0.1, 0.15) is 0 Å². The number of benzene rings is 8. The Labute approximate surface area is 305 Å². The first kappa shape index (κ1) is 29.4. The van der Waals surface area contributed by atoms with E-state index in [2.05, 4.69) is 185 Å². The van der Waals surface area contributed by atoms with Crippen LogP contribution < -0.4 is 4.90 Å². The Hall–Kier alpha value is -6.32. The Kier molecular flexibility index (Phi) is 6.57. The molecule has 0 aliphatic rings. The third-order valence-electron chi connectivity index (χ3n) is 10.4. The van der Waals surface area contributed by atoms with Gasteiger partial charge in [0.15, 0.2) is 0 Å². The van der Waals surface area contributed by atoms with E-state index in [9.17, 15) is 0 Å². The summed E-state index contributed by atoms with van der Waals surface area (Å²) in [6.45, 7) is 0. The third kappa shape index (κ3) is 4.52. The van der Waals surface area contributed by atoms with Crippen LogP contribution in [0.4, 0.5) is 17.1 Å². The molecule has 0 amide bonds. The SMILES string of the molecule is c1ccc(-n2c3ccccc3c3ccc(-c4ccc(N(c5ccc6c(c5)[se]c5ccccc56)c5cccc6c5oc5ccccc56)cc4)cc32)cc1. The number of hydrogen-bond donors (Lipinski definition) is 0. The van der Waals surface area contributed by atoms with Gasteiger partial charge in [0.25, 0.3) is 0 Å². The molecule has 11 aromatic rings. The Balaban J connectivity index is 1.08. The van der Waals surface area contributed by atoms with E-state index in [0.717, 1.165) is 44.7 Å². The maximum atomic E-state index is 6.62. The molecule has 52 heavy (non-hydrogen) atoms. The minimum Gasteiger partial charge on any atom is -0.0602 e. The number of furan rings is 1. The molecule has 3 heterocycles. The van der Waals surface area contributed by atoms with E-state index in [4.69, 9.17) is 4.42 Å². The summed E-state index contributed by atoms with van der Waals surface area (Å²) in [4.78, 5) is 2.37. The van der Waals surface area contributed by atoms with Crippen LogP contribution in [0.5, 0.6) is 0 Å². The fraction of sp³-hybridized carbons (Fsp3) is 0. The maximum absolute atomic E-state index is 6.62. The number of aromatic nitrogens is 1. The molecule has 0 radical (unpaired) electrons. The molecule has 0 N–H and O–H groups in total. The summed E-state index contributed by atoms with van der Waals surface area (Å²) in [5.74, 6) is 0. The predicted molar refractivity (Wildman–Crippen MR) is 220 cm³/mol. The average Bonchev–Trinajstić information content (AvgIpc) is 3.88. The Morgan fingerprint density at radius 3 is 1.96 bits per heavy atom. The van der Waals surface area contributed by atoms with Crippen LogP contribution in [0.3, 0.4) is 0 Å². The van der Waals surface area contributed by atoms with Gasteiger partial charge in [0.05, 0.1) is 5.52 Å². The fourth-order valence-corrected chi connectivity index (χ4v) is 10.4. The summed E-state index contributed by atoms with van der Waals surface area (Å²) in [5.41, 5.74) is 11.0. The molecule has 0 saturated carbocycles. The van der Waals surface area contributed by atoms with Crippen molar-refractivity contribution in [1.29, 1.82) is 0 Å². The van der Waals surface area contributed by atoms with Crippen molar-refractivity contribution in [2.45, 2.75) is 0 Å². The normalized spacial score (nSPS) is 11.8. The van der Waals surface area contributed by atoms with E-state index < -0.39 is 0 Å². The van der Waals surface area contributed by atoms with Crippen molar-refractivity contribution >= 4 is 94.6 Å². The first-order valence-corrected chi connectivity index (χ1v) is 19.3. The van der Waals surface area contributed by atoms with Gasteiger partial charge in [-0.15, -0.1) is 0 Å². The molecular weight excluding hydrogens is 700 g/mol. The van der Waals surface area contributed by atoms with E-state index >= 15 is 0 Å². The van der Waals surface area contributed by atoms with Crippen molar-refractivity contribution in [3.63, 3.8) is 0 Å². The van der Waals surface area contributed by atoms with Crippen LogP contribution in [0, 0.1) is 0 Å². The van der Waals surface area contributed by atoms with Crippen LogP contribution in [0.25, 0.3) is 79.9 Å². The molecule has 11 rings (SSSR count). The summed E-state index contributed by atoms with van der Waals surface area (Å²) < 4.78 is 11.9. The summed E-state index contributed by atoms with van der Waals surface area (Å²) in [6, 6.07) is 65.8. The molecule has 0 saturated heterocycles. The molecule has 244 valence electrons.